The van der Waals surface area contributed by atoms with Gasteiger partial charge in [0.15, 0.2) is 5.78 Å². The topological polar surface area (TPSA) is 40.5 Å². The molecule has 0 aliphatic heterocycles. The summed E-state index contributed by atoms with van der Waals surface area (Å²) in [6.07, 6.45) is 2.20. The van der Waals surface area contributed by atoms with Gasteiger partial charge in [0.05, 0.1) is 18.2 Å². The number of carbonyl (C=O) groups is 1. The molecule has 0 bridgehead atoms. The number of Topliss-reactive ketones (excluding diaryl/α,β-unsaturated/α-hetero) is 1. The highest BCUT2D eigenvalue weighted by Crippen LogP contribution is 2.27. The smallest absolute Gasteiger partial charge is 0.178 e. The molecule has 0 radical (unpaired) electrons. The molecule has 1 saturated carbocycles. The molecule has 1 aliphatic carbocycles. The Balaban J connectivity index is 2.05. The van der Waals surface area contributed by atoms with E-state index in [1.54, 1.807) is 18.2 Å². The van der Waals surface area contributed by atoms with E-state index < -0.39 is 0 Å². The molecule has 0 saturated heterocycles. The van der Waals surface area contributed by atoms with Gasteiger partial charge in [-0.1, -0.05) is 23.2 Å². The normalized spacial score (nSPS) is 15.1. The minimum atomic E-state index is -0.0305. The Bertz CT molecular complexity index is 447. The number of hydrogen-bond acceptors (Lipinski definition) is 3. The average Bonchev–Trinajstić information content (AvgIpc) is 3.11. The second-order valence-electron chi connectivity index (χ2n) is 4.47. The lowest BCUT2D eigenvalue weighted by atomic mass is 10.1. The third kappa shape index (κ3) is 3.45. The van der Waals surface area contributed by atoms with Crippen LogP contribution in [0.2, 0.25) is 10.0 Å². The van der Waals surface area contributed by atoms with E-state index in [0.717, 1.165) is 12.8 Å². The van der Waals surface area contributed by atoms with Crippen molar-refractivity contribution < 1.29 is 9.90 Å². The Hall–Kier alpha value is -0.610. The maximum absolute atomic E-state index is 12.1. The molecule has 2 rings (SSSR count). The molecule has 5 heteroatoms. The Morgan fingerprint density at radius 1 is 1.39 bits per heavy atom. The minimum absolute atomic E-state index is 0.0305. The second kappa shape index (κ2) is 6.02. The molecule has 0 aromatic heterocycles. The Labute approximate surface area is 116 Å². The van der Waals surface area contributed by atoms with Crippen molar-refractivity contribution in [1.29, 1.82) is 0 Å². The fourth-order valence-corrected chi connectivity index (χ4v) is 2.46. The number of nitrogens with zero attached hydrogens (tertiary/aromatic N) is 1. The number of halogens is 2. The monoisotopic (exact) mass is 287 g/mol. The van der Waals surface area contributed by atoms with E-state index in [-0.39, 0.29) is 12.4 Å². The highest BCUT2D eigenvalue weighted by atomic mass is 35.5. The lowest BCUT2D eigenvalue weighted by Gasteiger charge is -2.20. The number of aliphatic hydroxyl groups is 1. The molecule has 1 N–H and O–H groups in total. The van der Waals surface area contributed by atoms with Crippen LogP contribution in [-0.2, 0) is 0 Å². The molecule has 0 spiro atoms. The summed E-state index contributed by atoms with van der Waals surface area (Å²) in [6.45, 7) is 0.895. The van der Waals surface area contributed by atoms with Crippen LogP contribution in [0.1, 0.15) is 23.2 Å². The first kappa shape index (κ1) is 13.8. The van der Waals surface area contributed by atoms with Crippen molar-refractivity contribution in [2.45, 2.75) is 18.9 Å². The number of rotatable bonds is 6. The van der Waals surface area contributed by atoms with Crippen molar-refractivity contribution in [3.63, 3.8) is 0 Å². The maximum atomic E-state index is 12.1. The van der Waals surface area contributed by atoms with Gasteiger partial charge in [-0.2, -0.15) is 0 Å². The standard InChI is InChI=1S/C13H15Cl2NO2/c14-9-1-4-11(12(15)7-9)13(18)8-16(5-6-17)10-2-3-10/h1,4,7,10,17H,2-3,5-6,8H2. The van der Waals surface area contributed by atoms with Gasteiger partial charge < -0.3 is 5.11 Å². The molecule has 98 valence electrons. The largest absolute Gasteiger partial charge is 0.395 e. The zero-order valence-corrected chi connectivity index (χ0v) is 11.4. The van der Waals surface area contributed by atoms with Crippen molar-refractivity contribution in [3.8, 4) is 0 Å². The maximum Gasteiger partial charge on any atom is 0.178 e. The number of aliphatic hydroxyl groups excluding tert-OH is 1. The molecule has 1 aliphatic rings. The summed E-state index contributed by atoms with van der Waals surface area (Å²) in [7, 11) is 0. The quantitative estimate of drug-likeness (QED) is 0.818. The van der Waals surface area contributed by atoms with Crippen LogP contribution in [0.15, 0.2) is 18.2 Å². The zero-order chi connectivity index (χ0) is 13.1. The van der Waals surface area contributed by atoms with Crippen LogP contribution in [-0.4, -0.2) is 41.5 Å². The first-order valence-electron chi connectivity index (χ1n) is 5.95. The van der Waals surface area contributed by atoms with E-state index in [9.17, 15) is 4.79 Å². The second-order valence-corrected chi connectivity index (χ2v) is 5.32. The molecule has 0 amide bonds. The summed E-state index contributed by atoms with van der Waals surface area (Å²) in [6, 6.07) is 5.32. The van der Waals surface area contributed by atoms with Crippen molar-refractivity contribution in [1.82, 2.24) is 4.90 Å². The van der Waals surface area contributed by atoms with Gasteiger partial charge in [-0.05, 0) is 31.0 Å². The molecular formula is C13H15Cl2NO2. The molecule has 0 atom stereocenters. The van der Waals surface area contributed by atoms with Crippen molar-refractivity contribution in [2.75, 3.05) is 19.7 Å². The summed E-state index contributed by atoms with van der Waals surface area (Å²) >= 11 is 11.8. The fourth-order valence-electron chi connectivity index (χ4n) is 1.94. The summed E-state index contributed by atoms with van der Waals surface area (Å²) < 4.78 is 0. The van der Waals surface area contributed by atoms with Gasteiger partial charge >= 0.3 is 0 Å². The lowest BCUT2D eigenvalue weighted by Crippen LogP contribution is -2.34. The SMILES string of the molecule is O=C(CN(CCO)C1CC1)c1ccc(Cl)cc1Cl. The van der Waals surface area contributed by atoms with Gasteiger partial charge in [0.25, 0.3) is 0 Å². The Morgan fingerprint density at radius 2 is 2.11 bits per heavy atom. The van der Waals surface area contributed by atoms with Gasteiger partial charge in [-0.25, -0.2) is 0 Å². The molecule has 1 aromatic carbocycles. The molecule has 0 heterocycles. The van der Waals surface area contributed by atoms with Crippen LogP contribution in [0.3, 0.4) is 0 Å². The van der Waals surface area contributed by atoms with Crippen LogP contribution >= 0.6 is 23.2 Å². The van der Waals surface area contributed by atoms with E-state index in [4.69, 9.17) is 28.3 Å². The van der Waals surface area contributed by atoms with Gasteiger partial charge in [-0.15, -0.1) is 0 Å². The third-order valence-corrected chi connectivity index (χ3v) is 3.58. The first-order chi connectivity index (χ1) is 8.61. The van der Waals surface area contributed by atoms with Gasteiger partial charge in [0, 0.05) is 23.2 Å². The number of ketones is 1. The number of benzene rings is 1. The highest BCUT2D eigenvalue weighted by molar-refractivity contribution is 6.36. The predicted octanol–water partition coefficient (Wildman–Crippen LogP) is 2.63. The van der Waals surface area contributed by atoms with E-state index in [2.05, 4.69) is 0 Å². The summed E-state index contributed by atoms with van der Waals surface area (Å²) in [5, 5.41) is 9.89. The van der Waals surface area contributed by atoms with Crippen molar-refractivity contribution in [3.05, 3.63) is 33.8 Å². The van der Waals surface area contributed by atoms with Crippen LogP contribution in [0.4, 0.5) is 0 Å². The highest BCUT2D eigenvalue weighted by Gasteiger charge is 2.30. The predicted molar refractivity (Wildman–Crippen MR) is 72.5 cm³/mol. The third-order valence-electron chi connectivity index (χ3n) is 3.03. The van der Waals surface area contributed by atoms with E-state index in [1.165, 1.54) is 0 Å². The molecule has 1 fully saturated rings. The van der Waals surface area contributed by atoms with Crippen LogP contribution < -0.4 is 0 Å². The van der Waals surface area contributed by atoms with Crippen molar-refractivity contribution >= 4 is 29.0 Å². The first-order valence-corrected chi connectivity index (χ1v) is 6.70. The van der Waals surface area contributed by atoms with E-state index >= 15 is 0 Å². The lowest BCUT2D eigenvalue weighted by molar-refractivity contribution is 0.0907. The molecule has 3 nitrogen and oxygen atoms in total. The molecule has 18 heavy (non-hydrogen) atoms. The van der Waals surface area contributed by atoms with Gasteiger partial charge in [0.1, 0.15) is 0 Å². The fraction of sp³-hybridized carbons (Fsp3) is 0.462. The van der Waals surface area contributed by atoms with E-state index in [1.807, 2.05) is 4.90 Å². The summed E-state index contributed by atoms with van der Waals surface area (Å²) in [5.74, 6) is -0.0305. The summed E-state index contributed by atoms with van der Waals surface area (Å²) in [5.41, 5.74) is 0.490. The molecule has 1 aromatic rings. The van der Waals surface area contributed by atoms with Gasteiger partial charge in [0.2, 0.25) is 0 Å². The van der Waals surface area contributed by atoms with Crippen LogP contribution in [0.25, 0.3) is 0 Å². The average molecular weight is 288 g/mol. The number of hydrogen-bond donors (Lipinski definition) is 1. The van der Waals surface area contributed by atoms with Crippen LogP contribution in [0, 0.1) is 0 Å². The minimum Gasteiger partial charge on any atom is -0.395 e. The Morgan fingerprint density at radius 3 is 2.67 bits per heavy atom. The summed E-state index contributed by atoms with van der Waals surface area (Å²) in [4.78, 5) is 14.2. The van der Waals surface area contributed by atoms with Gasteiger partial charge in [-0.3, -0.25) is 9.69 Å². The zero-order valence-electron chi connectivity index (χ0n) is 9.90. The molecular weight excluding hydrogens is 273 g/mol. The molecule has 0 unspecified atom stereocenters. The van der Waals surface area contributed by atoms with Crippen LogP contribution in [0.5, 0.6) is 0 Å². The number of carbonyl (C=O) groups excluding carboxylic acids is 1. The van der Waals surface area contributed by atoms with E-state index in [0.29, 0.717) is 34.7 Å². The Kier molecular flexibility index (Phi) is 4.62. The van der Waals surface area contributed by atoms with Crippen molar-refractivity contribution in [2.24, 2.45) is 0 Å².